The van der Waals surface area contributed by atoms with Gasteiger partial charge in [0.1, 0.15) is 6.04 Å². The first-order valence-corrected chi connectivity index (χ1v) is 11.2. The number of nitrogens with zero attached hydrogens (tertiary/aromatic N) is 3. The molecule has 31 heavy (non-hydrogen) atoms. The topological polar surface area (TPSA) is 91.8 Å². The van der Waals surface area contributed by atoms with Crippen molar-refractivity contribution in [3.05, 3.63) is 29.6 Å². The van der Waals surface area contributed by atoms with E-state index in [-0.39, 0.29) is 41.6 Å². The highest BCUT2D eigenvalue weighted by Gasteiger charge is 2.52. The molecular formula is C23H32N4O4. The molecule has 3 aliphatic rings. The fraction of sp³-hybridized carbons (Fsp3) is 0.652. The molecule has 0 spiro atoms. The zero-order chi connectivity index (χ0) is 22.1. The molecule has 3 fully saturated rings. The van der Waals surface area contributed by atoms with Crippen molar-refractivity contribution in [2.24, 2.45) is 11.8 Å². The van der Waals surface area contributed by atoms with Gasteiger partial charge in [0.25, 0.3) is 5.91 Å². The Bertz CT molecular complexity index is 842. The van der Waals surface area contributed by atoms with Crippen LogP contribution in [0.5, 0.6) is 0 Å². The third-order valence-electron chi connectivity index (χ3n) is 6.86. The SMILES string of the molecule is COC[C@H](C)NC(=O)[C@H]1[C@@H]2C[C@@H](CN(C(=O)c3ccc(C)nc3)C2)[C@@H]2CCCC(=O)N21. The zero-order valence-electron chi connectivity index (χ0n) is 18.5. The number of carbonyl (C=O) groups excluding carboxylic acids is 3. The summed E-state index contributed by atoms with van der Waals surface area (Å²) in [5.41, 5.74) is 1.43. The van der Waals surface area contributed by atoms with Crippen LogP contribution in [0.3, 0.4) is 0 Å². The van der Waals surface area contributed by atoms with Crippen molar-refractivity contribution < 1.29 is 19.1 Å². The summed E-state index contributed by atoms with van der Waals surface area (Å²) in [7, 11) is 1.60. The summed E-state index contributed by atoms with van der Waals surface area (Å²) in [6.45, 7) is 5.28. The highest BCUT2D eigenvalue weighted by Crippen LogP contribution is 2.42. The Morgan fingerprint density at radius 3 is 2.77 bits per heavy atom. The normalized spacial score (nSPS) is 28.7. The molecule has 168 valence electrons. The van der Waals surface area contributed by atoms with Crippen molar-refractivity contribution in [1.29, 1.82) is 0 Å². The Labute approximate surface area is 183 Å². The summed E-state index contributed by atoms with van der Waals surface area (Å²) in [6.07, 6.45) is 4.70. The minimum absolute atomic E-state index is 0.0118. The number of amides is 3. The van der Waals surface area contributed by atoms with Gasteiger partial charge in [0.2, 0.25) is 11.8 Å². The van der Waals surface area contributed by atoms with Crippen LogP contribution in [0.4, 0.5) is 0 Å². The molecule has 4 rings (SSSR count). The Balaban J connectivity index is 1.59. The molecule has 0 unspecified atom stereocenters. The van der Waals surface area contributed by atoms with Crippen LogP contribution < -0.4 is 5.32 Å². The van der Waals surface area contributed by atoms with Crippen LogP contribution in [0.25, 0.3) is 0 Å². The number of aryl methyl sites for hydroxylation is 1. The quantitative estimate of drug-likeness (QED) is 0.765. The maximum absolute atomic E-state index is 13.3. The van der Waals surface area contributed by atoms with Gasteiger partial charge in [0.15, 0.2) is 0 Å². The second-order valence-corrected chi connectivity index (χ2v) is 9.22. The number of carbonyl (C=O) groups is 3. The van der Waals surface area contributed by atoms with E-state index in [0.717, 1.165) is 25.0 Å². The van der Waals surface area contributed by atoms with Crippen molar-refractivity contribution >= 4 is 17.7 Å². The minimum atomic E-state index is -0.542. The predicted molar refractivity (Wildman–Crippen MR) is 114 cm³/mol. The molecule has 2 bridgehead atoms. The maximum Gasteiger partial charge on any atom is 0.255 e. The van der Waals surface area contributed by atoms with Gasteiger partial charge in [-0.1, -0.05) is 0 Å². The number of aromatic nitrogens is 1. The van der Waals surface area contributed by atoms with Crippen LogP contribution in [-0.4, -0.2) is 77.4 Å². The highest BCUT2D eigenvalue weighted by atomic mass is 16.5. The fourth-order valence-corrected chi connectivity index (χ4v) is 5.56. The molecule has 0 radical (unpaired) electrons. The number of likely N-dealkylation sites (tertiary alicyclic amines) is 1. The third kappa shape index (κ3) is 4.31. The van der Waals surface area contributed by atoms with E-state index in [1.807, 2.05) is 35.8 Å². The van der Waals surface area contributed by atoms with E-state index >= 15 is 0 Å². The smallest absolute Gasteiger partial charge is 0.255 e. The van der Waals surface area contributed by atoms with Crippen molar-refractivity contribution in [3.63, 3.8) is 0 Å². The number of pyridine rings is 1. The number of hydrogen-bond donors (Lipinski definition) is 1. The molecule has 8 heteroatoms. The van der Waals surface area contributed by atoms with Gasteiger partial charge in [0.05, 0.1) is 12.2 Å². The first-order chi connectivity index (χ1) is 14.9. The van der Waals surface area contributed by atoms with E-state index < -0.39 is 6.04 Å². The summed E-state index contributed by atoms with van der Waals surface area (Å²) < 4.78 is 5.15. The van der Waals surface area contributed by atoms with Crippen molar-refractivity contribution in [1.82, 2.24) is 20.1 Å². The lowest BCUT2D eigenvalue weighted by molar-refractivity contribution is -0.159. The second-order valence-electron chi connectivity index (χ2n) is 9.22. The first-order valence-electron chi connectivity index (χ1n) is 11.2. The van der Waals surface area contributed by atoms with Gasteiger partial charge >= 0.3 is 0 Å². The molecule has 8 nitrogen and oxygen atoms in total. The molecular weight excluding hydrogens is 396 g/mol. The Morgan fingerprint density at radius 1 is 1.29 bits per heavy atom. The molecule has 1 N–H and O–H groups in total. The molecule has 3 amide bonds. The number of ether oxygens (including phenoxy) is 1. The van der Waals surface area contributed by atoms with Crippen LogP contribution in [0.15, 0.2) is 18.3 Å². The maximum atomic E-state index is 13.3. The Hall–Kier alpha value is -2.48. The molecule has 3 saturated heterocycles. The molecule has 0 aliphatic carbocycles. The summed E-state index contributed by atoms with van der Waals surface area (Å²) in [5.74, 6) is -0.00258. The lowest BCUT2D eigenvalue weighted by Crippen LogP contribution is -2.69. The summed E-state index contributed by atoms with van der Waals surface area (Å²) in [4.78, 5) is 47.4. The fourth-order valence-electron chi connectivity index (χ4n) is 5.56. The van der Waals surface area contributed by atoms with E-state index in [0.29, 0.717) is 31.7 Å². The standard InChI is InChI=1S/C23H32N4O4/c1-14-7-8-16(10-24-14)23(30)26-11-17-9-18(12-26)21(22(29)25-15(2)13-31-3)27-19(17)5-4-6-20(27)28/h7-8,10,15,17-19,21H,4-6,9,11-13H2,1-3H3,(H,25,29)/t15-,17-,18+,19-,21+/m0/s1. The molecule has 5 atom stereocenters. The van der Waals surface area contributed by atoms with E-state index in [4.69, 9.17) is 4.74 Å². The van der Waals surface area contributed by atoms with Crippen LogP contribution in [0.2, 0.25) is 0 Å². The van der Waals surface area contributed by atoms with E-state index in [1.54, 1.807) is 13.3 Å². The molecule has 0 aromatic carbocycles. The minimum Gasteiger partial charge on any atom is -0.383 e. The van der Waals surface area contributed by atoms with Gasteiger partial charge in [-0.3, -0.25) is 19.4 Å². The number of fused-ring (bicyclic) bond motifs is 4. The Morgan fingerprint density at radius 2 is 2.06 bits per heavy atom. The monoisotopic (exact) mass is 428 g/mol. The van der Waals surface area contributed by atoms with Crippen LogP contribution in [-0.2, 0) is 14.3 Å². The van der Waals surface area contributed by atoms with E-state index in [9.17, 15) is 14.4 Å². The summed E-state index contributed by atoms with van der Waals surface area (Å²) >= 11 is 0. The third-order valence-corrected chi connectivity index (χ3v) is 6.86. The van der Waals surface area contributed by atoms with Crippen LogP contribution in [0.1, 0.15) is 48.7 Å². The average molecular weight is 429 g/mol. The number of rotatable bonds is 5. The molecule has 4 heterocycles. The van der Waals surface area contributed by atoms with Crippen molar-refractivity contribution in [2.75, 3.05) is 26.8 Å². The van der Waals surface area contributed by atoms with Gasteiger partial charge in [-0.05, 0) is 51.2 Å². The number of hydrogen-bond acceptors (Lipinski definition) is 5. The molecule has 1 aromatic rings. The van der Waals surface area contributed by atoms with Gasteiger partial charge in [-0.2, -0.15) is 0 Å². The van der Waals surface area contributed by atoms with Crippen molar-refractivity contribution in [2.45, 2.75) is 57.7 Å². The summed E-state index contributed by atoms with van der Waals surface area (Å²) in [6, 6.07) is 2.97. The first kappa shape index (κ1) is 21.7. The summed E-state index contributed by atoms with van der Waals surface area (Å²) in [5, 5.41) is 3.02. The molecule has 0 saturated carbocycles. The highest BCUT2D eigenvalue weighted by molar-refractivity contribution is 5.94. The van der Waals surface area contributed by atoms with Gasteiger partial charge in [0, 0.05) is 56.5 Å². The lowest BCUT2D eigenvalue weighted by Gasteiger charge is -2.55. The zero-order valence-corrected chi connectivity index (χ0v) is 18.5. The molecule has 3 aliphatic heterocycles. The van der Waals surface area contributed by atoms with Crippen molar-refractivity contribution in [3.8, 4) is 0 Å². The van der Waals surface area contributed by atoms with Crippen LogP contribution in [0, 0.1) is 18.8 Å². The number of methoxy groups -OCH3 is 1. The van der Waals surface area contributed by atoms with E-state index in [1.165, 1.54) is 0 Å². The Kier molecular flexibility index (Phi) is 6.27. The average Bonchev–Trinajstić information content (AvgIpc) is 2.74. The van der Waals surface area contributed by atoms with Gasteiger partial charge in [-0.25, -0.2) is 0 Å². The number of piperidine rings is 3. The predicted octanol–water partition coefficient (Wildman–Crippen LogP) is 1.38. The van der Waals surface area contributed by atoms with E-state index in [2.05, 4.69) is 10.3 Å². The lowest BCUT2D eigenvalue weighted by atomic mass is 9.71. The molecule has 1 aromatic heterocycles. The largest absolute Gasteiger partial charge is 0.383 e. The van der Waals surface area contributed by atoms with Gasteiger partial charge in [-0.15, -0.1) is 0 Å². The van der Waals surface area contributed by atoms with Gasteiger partial charge < -0.3 is 19.9 Å². The number of nitrogens with one attached hydrogen (secondary N) is 1. The van der Waals surface area contributed by atoms with Crippen LogP contribution >= 0.6 is 0 Å². The second kappa shape index (κ2) is 8.94.